The van der Waals surface area contributed by atoms with E-state index in [0.29, 0.717) is 5.75 Å². The van der Waals surface area contributed by atoms with Crippen molar-refractivity contribution in [2.75, 3.05) is 18.1 Å². The number of hydrogen-bond acceptors (Lipinski definition) is 10. The maximum Gasteiger partial charge on any atom is 0.352 e. The van der Waals surface area contributed by atoms with Crippen molar-refractivity contribution in [1.29, 1.82) is 5.26 Å². The van der Waals surface area contributed by atoms with Gasteiger partial charge in [0, 0.05) is 11.1 Å². The van der Waals surface area contributed by atoms with Crippen molar-refractivity contribution in [3.8, 4) is 6.07 Å². The second-order valence-electron chi connectivity index (χ2n) is 5.22. The van der Waals surface area contributed by atoms with Crippen LogP contribution in [0.4, 0.5) is 5.13 Å². The van der Waals surface area contributed by atoms with Gasteiger partial charge in [0.05, 0.1) is 0 Å². The number of thioether (sulfide) groups is 1. The van der Waals surface area contributed by atoms with Crippen LogP contribution in [0.15, 0.2) is 22.3 Å². The highest BCUT2D eigenvalue weighted by Gasteiger charge is 2.53. The van der Waals surface area contributed by atoms with Crippen LogP contribution in [0, 0.1) is 11.3 Å². The normalized spacial score (nSPS) is 21.4. The number of anilines is 1. The first kappa shape index (κ1) is 18.7. The van der Waals surface area contributed by atoms with E-state index in [1.807, 2.05) is 0 Å². The number of rotatable bonds is 6. The zero-order valence-corrected chi connectivity index (χ0v) is 15.1. The Bertz CT molecular complexity index is 904. The molecule has 2 atom stereocenters. The van der Waals surface area contributed by atoms with Gasteiger partial charge in [0.25, 0.3) is 11.8 Å². The molecule has 0 saturated carbocycles. The molecule has 1 aromatic rings. The average Bonchev–Trinajstić information content (AvgIpc) is 3.08. The fourth-order valence-electron chi connectivity index (χ4n) is 2.47. The number of thiazole rings is 1. The van der Waals surface area contributed by atoms with Crippen molar-refractivity contribution < 1.29 is 24.3 Å². The molecule has 0 radical (unpaired) electrons. The van der Waals surface area contributed by atoms with Gasteiger partial charge in [-0.05, 0) is 6.08 Å². The first-order valence-corrected chi connectivity index (χ1v) is 9.34. The number of nitriles is 1. The first-order chi connectivity index (χ1) is 12.9. The maximum absolute atomic E-state index is 12.6. The molecule has 27 heavy (non-hydrogen) atoms. The zero-order chi connectivity index (χ0) is 19.6. The van der Waals surface area contributed by atoms with E-state index in [0.717, 1.165) is 16.2 Å². The summed E-state index contributed by atoms with van der Waals surface area (Å²) in [4.78, 5) is 46.0. The van der Waals surface area contributed by atoms with Crippen molar-refractivity contribution >= 4 is 51.7 Å². The lowest BCUT2D eigenvalue weighted by Gasteiger charge is -2.48. The van der Waals surface area contributed by atoms with Gasteiger partial charge >= 0.3 is 5.97 Å². The third-order valence-corrected chi connectivity index (χ3v) is 5.47. The van der Waals surface area contributed by atoms with Crippen LogP contribution >= 0.6 is 23.1 Å². The van der Waals surface area contributed by atoms with Crippen LogP contribution in [0.5, 0.6) is 0 Å². The average molecular weight is 408 g/mol. The third kappa shape index (κ3) is 3.57. The lowest BCUT2D eigenvalue weighted by atomic mass is 10.0. The predicted octanol–water partition coefficient (Wildman–Crippen LogP) is -0.662. The molecule has 2 aliphatic rings. The van der Waals surface area contributed by atoms with Crippen molar-refractivity contribution in [1.82, 2.24) is 15.2 Å². The van der Waals surface area contributed by atoms with Crippen molar-refractivity contribution in [2.24, 2.45) is 5.16 Å². The smallest absolute Gasteiger partial charge is 0.352 e. The number of oxime groups is 1. The van der Waals surface area contributed by atoms with Crippen LogP contribution in [0.1, 0.15) is 5.69 Å². The van der Waals surface area contributed by atoms with Gasteiger partial charge in [-0.15, -0.1) is 23.1 Å². The number of hydrogen-bond donors (Lipinski definition) is 3. The van der Waals surface area contributed by atoms with E-state index in [2.05, 4.69) is 15.5 Å². The molecule has 1 unspecified atom stereocenters. The number of nitrogens with one attached hydrogen (secondary N) is 1. The zero-order valence-electron chi connectivity index (χ0n) is 13.5. The number of carboxylic acids is 1. The fraction of sp³-hybridized carbons (Fsp3) is 0.286. The fourth-order valence-corrected chi connectivity index (χ4v) is 4.22. The van der Waals surface area contributed by atoms with Gasteiger partial charge in [-0.3, -0.25) is 14.5 Å². The summed E-state index contributed by atoms with van der Waals surface area (Å²) in [6, 6.07) is 0.798. The molecule has 4 N–H and O–H groups in total. The minimum Gasteiger partial charge on any atom is -0.477 e. The lowest BCUT2D eigenvalue weighted by Crippen LogP contribution is -2.70. The number of β-lactam (4-membered cyclic amide) rings is 1. The summed E-state index contributed by atoms with van der Waals surface area (Å²) >= 11 is 2.41. The van der Waals surface area contributed by atoms with E-state index in [-0.39, 0.29) is 28.8 Å². The Morgan fingerprint density at radius 3 is 3.00 bits per heavy atom. The molecule has 11 nitrogen and oxygen atoms in total. The maximum atomic E-state index is 12.6. The SMILES string of the molecule is N#CCON=C(C(=O)NC1C(=O)N2C(C(=O)O)=CCS[C@@H]12)c1csc(N)n1. The van der Waals surface area contributed by atoms with E-state index in [9.17, 15) is 14.4 Å². The van der Waals surface area contributed by atoms with Gasteiger partial charge in [-0.25, -0.2) is 9.78 Å². The van der Waals surface area contributed by atoms with Crippen LogP contribution < -0.4 is 11.1 Å². The Kier molecular flexibility index (Phi) is 5.28. The van der Waals surface area contributed by atoms with E-state index < -0.39 is 29.2 Å². The predicted molar refractivity (Wildman–Crippen MR) is 95.4 cm³/mol. The Morgan fingerprint density at radius 2 is 2.37 bits per heavy atom. The number of carboxylic acid groups (broad SMARTS) is 1. The van der Waals surface area contributed by atoms with E-state index >= 15 is 0 Å². The van der Waals surface area contributed by atoms with Gasteiger partial charge < -0.3 is 21.0 Å². The van der Waals surface area contributed by atoms with Crippen LogP contribution in [0.2, 0.25) is 0 Å². The Morgan fingerprint density at radius 1 is 1.59 bits per heavy atom. The van der Waals surface area contributed by atoms with Crippen LogP contribution in [-0.4, -0.2) is 62.3 Å². The Hall–Kier alpha value is -3.11. The highest BCUT2D eigenvalue weighted by Crippen LogP contribution is 2.37. The Labute approximate surface area is 160 Å². The monoisotopic (exact) mass is 408 g/mol. The van der Waals surface area contributed by atoms with E-state index in [1.54, 1.807) is 6.07 Å². The van der Waals surface area contributed by atoms with Crippen LogP contribution in [0.3, 0.4) is 0 Å². The molecule has 1 aromatic heterocycles. The number of aromatic nitrogens is 1. The van der Waals surface area contributed by atoms with Crippen LogP contribution in [0.25, 0.3) is 0 Å². The number of nitrogens with two attached hydrogens (primary N) is 1. The van der Waals surface area contributed by atoms with Gasteiger partial charge in [-0.1, -0.05) is 5.16 Å². The molecule has 0 spiro atoms. The standard InChI is InChI=1S/C14H12N6O5S2/c15-2-3-25-19-8(6-5-27-14(16)17-6)10(21)18-9-11(22)20-7(13(23)24)1-4-26-12(9)20/h1,5,9,12H,3-4H2,(H2,16,17)(H,18,21)(H,23,24)/t9?,12-/m0/s1. The largest absolute Gasteiger partial charge is 0.477 e. The van der Waals surface area contributed by atoms with Gasteiger partial charge in [0.1, 0.15) is 28.9 Å². The molecule has 140 valence electrons. The summed E-state index contributed by atoms with van der Waals surface area (Å²) < 4.78 is 0. The molecular weight excluding hydrogens is 396 g/mol. The molecule has 0 aromatic carbocycles. The second-order valence-corrected chi connectivity index (χ2v) is 7.26. The number of amides is 2. The summed E-state index contributed by atoms with van der Waals surface area (Å²) in [5, 5.41) is 25.0. The molecule has 13 heteroatoms. The molecular formula is C14H12N6O5S2. The molecule has 1 fully saturated rings. The number of nitrogen functional groups attached to an aromatic ring is 1. The van der Waals surface area contributed by atoms with Gasteiger partial charge in [0.2, 0.25) is 6.61 Å². The molecule has 0 bridgehead atoms. The highest BCUT2D eigenvalue weighted by atomic mass is 32.2. The van der Waals surface area contributed by atoms with Crippen molar-refractivity contribution in [3.63, 3.8) is 0 Å². The third-order valence-electron chi connectivity index (χ3n) is 3.62. The molecule has 3 heterocycles. The number of aliphatic carboxylic acids is 1. The lowest BCUT2D eigenvalue weighted by molar-refractivity contribution is -0.150. The van der Waals surface area contributed by atoms with E-state index in [1.165, 1.54) is 23.2 Å². The summed E-state index contributed by atoms with van der Waals surface area (Å²) in [5.74, 6) is -2.09. The Balaban J connectivity index is 1.76. The summed E-state index contributed by atoms with van der Waals surface area (Å²) in [6.45, 7) is -0.377. The number of carbonyl (C=O) groups excluding carboxylic acids is 2. The number of fused-ring (bicyclic) bond motifs is 1. The summed E-state index contributed by atoms with van der Waals surface area (Å²) in [7, 11) is 0. The first-order valence-electron chi connectivity index (χ1n) is 7.41. The van der Waals surface area contributed by atoms with Gasteiger partial charge in [0.15, 0.2) is 10.8 Å². The van der Waals surface area contributed by atoms with Gasteiger partial charge in [-0.2, -0.15) is 5.26 Å². The van der Waals surface area contributed by atoms with E-state index in [4.69, 9.17) is 20.9 Å². The second kappa shape index (κ2) is 7.64. The molecule has 0 aliphatic carbocycles. The molecule has 2 aliphatic heterocycles. The highest BCUT2D eigenvalue weighted by molar-refractivity contribution is 8.00. The number of carbonyl (C=O) groups is 3. The minimum absolute atomic E-state index is 0.104. The molecule has 3 rings (SSSR count). The number of nitrogens with zero attached hydrogens (tertiary/aromatic N) is 4. The summed E-state index contributed by atoms with van der Waals surface area (Å²) in [6.07, 6.45) is 1.44. The van der Waals surface area contributed by atoms with Crippen LogP contribution in [-0.2, 0) is 19.2 Å². The van der Waals surface area contributed by atoms with Crippen molar-refractivity contribution in [3.05, 3.63) is 22.8 Å². The topological polar surface area (TPSA) is 171 Å². The minimum atomic E-state index is -1.21. The quantitative estimate of drug-likeness (QED) is 0.239. The molecule has 2 amide bonds. The summed E-state index contributed by atoms with van der Waals surface area (Å²) in [5.41, 5.74) is 5.36. The van der Waals surface area contributed by atoms with Crippen molar-refractivity contribution in [2.45, 2.75) is 11.4 Å². The molecule has 1 saturated heterocycles.